The Hall–Kier alpha value is -1.49. The Morgan fingerprint density at radius 1 is 1.53 bits per heavy atom. The minimum absolute atomic E-state index is 0.199. The molecule has 4 nitrogen and oxygen atoms in total. The highest BCUT2D eigenvalue weighted by molar-refractivity contribution is 7.80. The summed E-state index contributed by atoms with van der Waals surface area (Å²) in [7, 11) is 0. The molecule has 0 fully saturated rings. The Morgan fingerprint density at radius 2 is 2.18 bits per heavy atom. The van der Waals surface area contributed by atoms with Crippen LogP contribution in [0.25, 0.3) is 0 Å². The molecular formula is C12H17N3OS. The summed E-state index contributed by atoms with van der Waals surface area (Å²) in [4.78, 5) is 16.2. The molecular weight excluding hydrogens is 234 g/mol. The lowest BCUT2D eigenvalue weighted by Crippen LogP contribution is -2.55. The summed E-state index contributed by atoms with van der Waals surface area (Å²) in [6.07, 6.45) is 4.48. The fourth-order valence-electron chi connectivity index (χ4n) is 1.62. The van der Waals surface area contributed by atoms with Gasteiger partial charge in [-0.1, -0.05) is 26.1 Å². The molecule has 1 rings (SSSR count). The fourth-order valence-corrected chi connectivity index (χ4v) is 1.96. The van der Waals surface area contributed by atoms with Crippen LogP contribution in [-0.4, -0.2) is 21.4 Å². The summed E-state index contributed by atoms with van der Waals surface area (Å²) in [6, 6.07) is 3.42. The number of nitrogens with one attached hydrogen (secondary N) is 1. The molecule has 0 aliphatic rings. The van der Waals surface area contributed by atoms with Crippen molar-refractivity contribution in [1.82, 2.24) is 10.3 Å². The third-order valence-electron chi connectivity index (χ3n) is 2.96. The fraction of sp³-hybridized carbons (Fsp3) is 0.417. The topological polar surface area (TPSA) is 68.0 Å². The van der Waals surface area contributed by atoms with E-state index in [-0.39, 0.29) is 5.91 Å². The smallest absolute Gasteiger partial charge is 0.253 e. The van der Waals surface area contributed by atoms with Crippen LogP contribution < -0.4 is 11.1 Å². The lowest BCUT2D eigenvalue weighted by Gasteiger charge is -2.31. The van der Waals surface area contributed by atoms with Crippen molar-refractivity contribution in [3.63, 3.8) is 0 Å². The molecule has 1 heterocycles. The van der Waals surface area contributed by atoms with E-state index in [4.69, 9.17) is 18.0 Å². The lowest BCUT2D eigenvalue weighted by atomic mass is 9.92. The van der Waals surface area contributed by atoms with Crippen molar-refractivity contribution >= 4 is 23.1 Å². The number of amides is 1. The Kier molecular flexibility index (Phi) is 4.57. The molecule has 0 saturated carbocycles. The second-order valence-corrected chi connectivity index (χ2v) is 4.29. The molecule has 1 amide bonds. The minimum Gasteiger partial charge on any atom is -0.391 e. The number of hydrogen-bond acceptors (Lipinski definition) is 3. The van der Waals surface area contributed by atoms with E-state index >= 15 is 0 Å². The van der Waals surface area contributed by atoms with Crippen molar-refractivity contribution in [3.8, 4) is 0 Å². The summed E-state index contributed by atoms with van der Waals surface area (Å²) >= 11 is 5.04. The van der Waals surface area contributed by atoms with Gasteiger partial charge in [0.2, 0.25) is 0 Å². The van der Waals surface area contributed by atoms with Crippen LogP contribution >= 0.6 is 12.2 Å². The number of rotatable bonds is 5. The van der Waals surface area contributed by atoms with Crippen LogP contribution in [0.3, 0.4) is 0 Å². The van der Waals surface area contributed by atoms with Gasteiger partial charge in [0.25, 0.3) is 5.91 Å². The van der Waals surface area contributed by atoms with E-state index < -0.39 is 5.54 Å². The maximum absolute atomic E-state index is 12.0. The van der Waals surface area contributed by atoms with Gasteiger partial charge in [0, 0.05) is 12.4 Å². The van der Waals surface area contributed by atoms with E-state index in [9.17, 15) is 4.79 Å². The zero-order chi connectivity index (χ0) is 12.9. The van der Waals surface area contributed by atoms with Crippen molar-refractivity contribution in [2.45, 2.75) is 32.2 Å². The third kappa shape index (κ3) is 3.00. The first kappa shape index (κ1) is 13.6. The lowest BCUT2D eigenvalue weighted by molar-refractivity contribution is 0.0919. The van der Waals surface area contributed by atoms with Crippen LogP contribution in [0.2, 0.25) is 0 Å². The highest BCUT2D eigenvalue weighted by Gasteiger charge is 2.31. The maximum Gasteiger partial charge on any atom is 0.253 e. The second-order valence-electron chi connectivity index (χ2n) is 3.85. The average molecular weight is 251 g/mol. The first-order valence-corrected chi connectivity index (χ1v) is 5.99. The molecule has 0 aliphatic carbocycles. The SMILES string of the molecule is CCC(CC)(NC(=O)c1cccnc1)C(N)=S. The van der Waals surface area contributed by atoms with Crippen molar-refractivity contribution in [2.24, 2.45) is 5.73 Å². The normalized spacial score (nSPS) is 10.9. The molecule has 1 aromatic heterocycles. The van der Waals surface area contributed by atoms with Gasteiger partial charge in [0.05, 0.1) is 16.1 Å². The summed E-state index contributed by atoms with van der Waals surface area (Å²) in [5.74, 6) is -0.199. The standard InChI is InChI=1S/C12H17N3OS/c1-3-12(4-2,11(13)17)15-10(16)9-6-5-7-14-8-9/h5-8H,3-4H2,1-2H3,(H2,13,17)(H,15,16). The van der Waals surface area contributed by atoms with E-state index in [0.29, 0.717) is 23.4 Å². The number of nitrogens with two attached hydrogens (primary N) is 1. The minimum atomic E-state index is -0.609. The molecule has 5 heteroatoms. The summed E-state index contributed by atoms with van der Waals surface area (Å²) in [5, 5.41) is 2.90. The Labute approximate surface area is 107 Å². The molecule has 0 aromatic carbocycles. The van der Waals surface area contributed by atoms with Crippen LogP contribution in [-0.2, 0) is 0 Å². The second kappa shape index (κ2) is 5.72. The van der Waals surface area contributed by atoms with Gasteiger partial charge < -0.3 is 11.1 Å². The van der Waals surface area contributed by atoms with Crippen LogP contribution in [0.15, 0.2) is 24.5 Å². The molecule has 1 aromatic rings. The van der Waals surface area contributed by atoms with E-state index in [1.807, 2.05) is 13.8 Å². The largest absolute Gasteiger partial charge is 0.391 e. The van der Waals surface area contributed by atoms with E-state index in [0.717, 1.165) is 0 Å². The molecule has 0 unspecified atom stereocenters. The number of aromatic nitrogens is 1. The van der Waals surface area contributed by atoms with Crippen LogP contribution in [0.1, 0.15) is 37.0 Å². The zero-order valence-corrected chi connectivity index (χ0v) is 10.9. The van der Waals surface area contributed by atoms with Crippen molar-refractivity contribution < 1.29 is 4.79 Å². The Balaban J connectivity index is 2.89. The van der Waals surface area contributed by atoms with Gasteiger partial charge >= 0.3 is 0 Å². The van der Waals surface area contributed by atoms with Crippen LogP contribution in [0.5, 0.6) is 0 Å². The molecule has 0 spiro atoms. The Bertz CT molecular complexity index is 401. The van der Waals surface area contributed by atoms with E-state index in [1.165, 1.54) is 6.20 Å². The summed E-state index contributed by atoms with van der Waals surface area (Å²) < 4.78 is 0. The molecule has 0 radical (unpaired) electrons. The summed E-state index contributed by atoms with van der Waals surface area (Å²) in [6.45, 7) is 3.90. The van der Waals surface area contributed by atoms with Gasteiger partial charge in [-0.25, -0.2) is 0 Å². The molecule has 0 bridgehead atoms. The van der Waals surface area contributed by atoms with Gasteiger partial charge in [-0.05, 0) is 25.0 Å². The van der Waals surface area contributed by atoms with Gasteiger partial charge in [0.1, 0.15) is 0 Å². The molecule has 0 atom stereocenters. The van der Waals surface area contributed by atoms with Gasteiger partial charge in [0.15, 0.2) is 0 Å². The number of carbonyl (C=O) groups is 1. The zero-order valence-electron chi connectivity index (χ0n) is 10.1. The van der Waals surface area contributed by atoms with E-state index in [2.05, 4.69) is 10.3 Å². The average Bonchev–Trinajstić information content (AvgIpc) is 2.36. The molecule has 0 saturated heterocycles. The molecule has 17 heavy (non-hydrogen) atoms. The Morgan fingerprint density at radius 3 is 2.59 bits per heavy atom. The highest BCUT2D eigenvalue weighted by Crippen LogP contribution is 2.16. The van der Waals surface area contributed by atoms with Crippen LogP contribution in [0.4, 0.5) is 0 Å². The monoisotopic (exact) mass is 251 g/mol. The summed E-state index contributed by atoms with van der Waals surface area (Å²) in [5.41, 5.74) is 5.62. The maximum atomic E-state index is 12.0. The number of pyridine rings is 1. The predicted molar refractivity (Wildman–Crippen MR) is 71.8 cm³/mol. The number of carbonyl (C=O) groups excluding carboxylic acids is 1. The van der Waals surface area contributed by atoms with Gasteiger partial charge in [-0.2, -0.15) is 0 Å². The molecule has 3 N–H and O–H groups in total. The van der Waals surface area contributed by atoms with Crippen molar-refractivity contribution in [2.75, 3.05) is 0 Å². The number of hydrogen-bond donors (Lipinski definition) is 2. The molecule has 0 aliphatic heterocycles. The van der Waals surface area contributed by atoms with Gasteiger partial charge in [-0.15, -0.1) is 0 Å². The first-order valence-electron chi connectivity index (χ1n) is 5.58. The third-order valence-corrected chi connectivity index (χ3v) is 3.35. The van der Waals surface area contributed by atoms with Crippen molar-refractivity contribution in [3.05, 3.63) is 30.1 Å². The number of nitrogens with zero attached hydrogens (tertiary/aromatic N) is 1. The molecule has 92 valence electrons. The van der Waals surface area contributed by atoms with E-state index in [1.54, 1.807) is 18.3 Å². The first-order chi connectivity index (χ1) is 8.05. The van der Waals surface area contributed by atoms with Crippen LogP contribution in [0, 0.1) is 0 Å². The quantitative estimate of drug-likeness (QED) is 0.781. The van der Waals surface area contributed by atoms with Crippen molar-refractivity contribution in [1.29, 1.82) is 0 Å². The number of thiocarbonyl (C=S) groups is 1. The predicted octanol–water partition coefficient (Wildman–Crippen LogP) is 1.66. The van der Waals surface area contributed by atoms with Gasteiger partial charge in [-0.3, -0.25) is 9.78 Å². The highest BCUT2D eigenvalue weighted by atomic mass is 32.1.